The number of nitrogens with one attached hydrogen (secondary N) is 1. The van der Waals surface area contributed by atoms with E-state index >= 15 is 0 Å². The van der Waals surface area contributed by atoms with Crippen LogP contribution in [0.3, 0.4) is 0 Å². The number of rotatable bonds is 6. The van der Waals surface area contributed by atoms with Gasteiger partial charge in [0.05, 0.1) is 26.2 Å². The van der Waals surface area contributed by atoms with E-state index in [0.29, 0.717) is 19.6 Å². The van der Waals surface area contributed by atoms with E-state index in [2.05, 4.69) is 22.3 Å². The molecule has 0 radical (unpaired) electrons. The lowest BCUT2D eigenvalue weighted by molar-refractivity contribution is -0.121. The third-order valence-corrected chi connectivity index (χ3v) is 4.33. The highest BCUT2D eigenvalue weighted by Crippen LogP contribution is 2.18. The second kappa shape index (κ2) is 8.53. The van der Waals surface area contributed by atoms with Gasteiger partial charge in [-0.3, -0.25) is 4.79 Å². The van der Waals surface area contributed by atoms with E-state index in [9.17, 15) is 4.79 Å². The van der Waals surface area contributed by atoms with Crippen LogP contribution < -0.4 is 15.0 Å². The van der Waals surface area contributed by atoms with E-state index in [1.165, 1.54) is 5.69 Å². The van der Waals surface area contributed by atoms with Gasteiger partial charge in [-0.1, -0.05) is 36.4 Å². The summed E-state index contributed by atoms with van der Waals surface area (Å²) >= 11 is 0. The molecule has 5 heteroatoms. The van der Waals surface area contributed by atoms with Crippen molar-refractivity contribution in [2.24, 2.45) is 0 Å². The van der Waals surface area contributed by atoms with Crippen LogP contribution >= 0.6 is 0 Å². The minimum Gasteiger partial charge on any atom is -0.496 e. The molecule has 0 spiro atoms. The molecule has 1 fully saturated rings. The largest absolute Gasteiger partial charge is 0.496 e. The monoisotopic (exact) mass is 340 g/mol. The number of benzene rings is 2. The van der Waals surface area contributed by atoms with E-state index in [4.69, 9.17) is 9.47 Å². The number of amides is 1. The Balaban J connectivity index is 1.50. The van der Waals surface area contributed by atoms with E-state index in [-0.39, 0.29) is 12.0 Å². The maximum absolute atomic E-state index is 12.2. The van der Waals surface area contributed by atoms with E-state index in [0.717, 1.165) is 24.4 Å². The Morgan fingerprint density at radius 1 is 1.20 bits per heavy atom. The molecule has 1 heterocycles. The Morgan fingerprint density at radius 2 is 1.96 bits per heavy atom. The van der Waals surface area contributed by atoms with Crippen LogP contribution in [0.5, 0.6) is 5.75 Å². The molecule has 1 N–H and O–H groups in total. The van der Waals surface area contributed by atoms with Crippen molar-refractivity contribution in [3.8, 4) is 5.75 Å². The Morgan fingerprint density at radius 3 is 2.76 bits per heavy atom. The second-order valence-electron chi connectivity index (χ2n) is 6.07. The molecule has 0 aromatic heterocycles. The van der Waals surface area contributed by atoms with Gasteiger partial charge in [0.25, 0.3) is 0 Å². The van der Waals surface area contributed by atoms with Crippen molar-refractivity contribution in [2.75, 3.05) is 38.3 Å². The van der Waals surface area contributed by atoms with Gasteiger partial charge in [0, 0.05) is 30.9 Å². The first kappa shape index (κ1) is 17.3. The summed E-state index contributed by atoms with van der Waals surface area (Å²) in [5.41, 5.74) is 2.08. The standard InChI is InChI=1S/C20H24N2O3/c1-24-19-10-6-5-7-16(19)13-20(23)21-14-18-15-22(11-12-25-18)17-8-3-2-4-9-17/h2-10,18H,11-15H2,1H3,(H,21,23). The summed E-state index contributed by atoms with van der Waals surface area (Å²) in [4.78, 5) is 14.5. The zero-order chi connectivity index (χ0) is 17.5. The van der Waals surface area contributed by atoms with Gasteiger partial charge in [-0.15, -0.1) is 0 Å². The fourth-order valence-corrected chi connectivity index (χ4v) is 3.03. The smallest absolute Gasteiger partial charge is 0.224 e. The third kappa shape index (κ3) is 4.73. The molecule has 25 heavy (non-hydrogen) atoms. The lowest BCUT2D eigenvalue weighted by atomic mass is 10.1. The number of ether oxygens (including phenoxy) is 2. The number of anilines is 1. The zero-order valence-electron chi connectivity index (χ0n) is 14.5. The van der Waals surface area contributed by atoms with Gasteiger partial charge in [0.15, 0.2) is 0 Å². The number of nitrogens with zero attached hydrogens (tertiary/aromatic N) is 1. The number of methoxy groups -OCH3 is 1. The summed E-state index contributed by atoms with van der Waals surface area (Å²) < 4.78 is 11.1. The molecule has 3 rings (SSSR count). The zero-order valence-corrected chi connectivity index (χ0v) is 14.5. The molecule has 1 atom stereocenters. The molecule has 1 amide bonds. The maximum atomic E-state index is 12.2. The molecule has 1 unspecified atom stereocenters. The number of hydrogen-bond acceptors (Lipinski definition) is 4. The molecular weight excluding hydrogens is 316 g/mol. The highest BCUT2D eigenvalue weighted by Gasteiger charge is 2.21. The molecule has 1 aliphatic rings. The summed E-state index contributed by atoms with van der Waals surface area (Å²) in [6.07, 6.45) is 0.301. The Labute approximate surface area is 148 Å². The molecule has 1 saturated heterocycles. The van der Waals surface area contributed by atoms with Crippen molar-refractivity contribution >= 4 is 11.6 Å². The molecule has 2 aromatic rings. The van der Waals surface area contributed by atoms with Crippen molar-refractivity contribution in [3.63, 3.8) is 0 Å². The van der Waals surface area contributed by atoms with Crippen molar-refractivity contribution in [2.45, 2.75) is 12.5 Å². The first-order chi connectivity index (χ1) is 12.3. The summed E-state index contributed by atoms with van der Waals surface area (Å²) in [6.45, 7) is 2.83. The summed E-state index contributed by atoms with van der Waals surface area (Å²) in [6, 6.07) is 17.9. The van der Waals surface area contributed by atoms with Crippen LogP contribution in [0, 0.1) is 0 Å². The van der Waals surface area contributed by atoms with Crippen molar-refractivity contribution < 1.29 is 14.3 Å². The van der Waals surface area contributed by atoms with Gasteiger partial charge >= 0.3 is 0 Å². The Hall–Kier alpha value is -2.53. The average Bonchev–Trinajstić information content (AvgIpc) is 2.68. The topological polar surface area (TPSA) is 50.8 Å². The SMILES string of the molecule is COc1ccccc1CC(=O)NCC1CN(c2ccccc2)CCO1. The van der Waals surface area contributed by atoms with Gasteiger partial charge in [0.1, 0.15) is 5.75 Å². The first-order valence-electron chi connectivity index (χ1n) is 8.56. The summed E-state index contributed by atoms with van der Waals surface area (Å²) in [5, 5.41) is 2.98. The lowest BCUT2D eigenvalue weighted by Crippen LogP contribution is -2.47. The quantitative estimate of drug-likeness (QED) is 0.876. The fourth-order valence-electron chi connectivity index (χ4n) is 3.03. The van der Waals surface area contributed by atoms with Crippen LogP contribution in [-0.4, -0.2) is 45.4 Å². The van der Waals surface area contributed by atoms with Crippen LogP contribution in [0.2, 0.25) is 0 Å². The molecular formula is C20H24N2O3. The molecule has 2 aromatic carbocycles. The van der Waals surface area contributed by atoms with E-state index in [1.54, 1.807) is 7.11 Å². The lowest BCUT2D eigenvalue weighted by Gasteiger charge is -2.34. The van der Waals surface area contributed by atoms with Crippen molar-refractivity contribution in [1.82, 2.24) is 5.32 Å². The van der Waals surface area contributed by atoms with Gasteiger partial charge in [-0.25, -0.2) is 0 Å². The van der Waals surface area contributed by atoms with Gasteiger partial charge < -0.3 is 19.7 Å². The Kier molecular flexibility index (Phi) is 5.90. The maximum Gasteiger partial charge on any atom is 0.224 e. The van der Waals surface area contributed by atoms with Crippen molar-refractivity contribution in [3.05, 3.63) is 60.2 Å². The predicted octanol–water partition coefficient (Wildman–Crippen LogP) is 2.26. The first-order valence-corrected chi connectivity index (χ1v) is 8.56. The highest BCUT2D eigenvalue weighted by molar-refractivity contribution is 5.79. The Bertz CT molecular complexity index is 690. The predicted molar refractivity (Wildman–Crippen MR) is 98.1 cm³/mol. The fraction of sp³-hybridized carbons (Fsp3) is 0.350. The summed E-state index contributed by atoms with van der Waals surface area (Å²) in [5.74, 6) is 0.715. The van der Waals surface area contributed by atoms with Crippen LogP contribution in [-0.2, 0) is 16.0 Å². The van der Waals surface area contributed by atoms with Crippen molar-refractivity contribution in [1.29, 1.82) is 0 Å². The molecule has 132 valence electrons. The number of carbonyl (C=O) groups is 1. The van der Waals surface area contributed by atoms with Crippen LogP contribution in [0.4, 0.5) is 5.69 Å². The molecule has 1 aliphatic heterocycles. The molecule has 0 aliphatic carbocycles. The van der Waals surface area contributed by atoms with Crippen LogP contribution in [0.25, 0.3) is 0 Å². The number of morpholine rings is 1. The van der Waals surface area contributed by atoms with E-state index in [1.807, 2.05) is 42.5 Å². The van der Waals surface area contributed by atoms with E-state index < -0.39 is 0 Å². The molecule has 0 bridgehead atoms. The minimum atomic E-state index is -0.0232. The minimum absolute atomic E-state index is 0.00410. The molecule has 0 saturated carbocycles. The number of hydrogen-bond donors (Lipinski definition) is 1. The van der Waals surface area contributed by atoms with Crippen LogP contribution in [0.1, 0.15) is 5.56 Å². The number of para-hydroxylation sites is 2. The van der Waals surface area contributed by atoms with Gasteiger partial charge in [-0.2, -0.15) is 0 Å². The number of carbonyl (C=O) groups excluding carboxylic acids is 1. The normalized spacial score (nSPS) is 17.2. The third-order valence-electron chi connectivity index (χ3n) is 4.33. The second-order valence-corrected chi connectivity index (χ2v) is 6.07. The molecule has 5 nitrogen and oxygen atoms in total. The van der Waals surface area contributed by atoms with Crippen LogP contribution in [0.15, 0.2) is 54.6 Å². The van der Waals surface area contributed by atoms with Gasteiger partial charge in [0.2, 0.25) is 5.91 Å². The highest BCUT2D eigenvalue weighted by atomic mass is 16.5. The summed E-state index contributed by atoms with van der Waals surface area (Å²) in [7, 11) is 1.62. The van der Waals surface area contributed by atoms with Gasteiger partial charge in [-0.05, 0) is 18.2 Å². The average molecular weight is 340 g/mol.